The summed E-state index contributed by atoms with van der Waals surface area (Å²) < 4.78 is 6.08. The molecule has 1 N–H and O–H groups in total. The van der Waals surface area contributed by atoms with E-state index in [1.165, 1.54) is 11.8 Å². The summed E-state index contributed by atoms with van der Waals surface area (Å²) in [7, 11) is 0. The monoisotopic (exact) mass is 299 g/mol. The summed E-state index contributed by atoms with van der Waals surface area (Å²) in [5, 5.41) is 10.0. The molecule has 5 heteroatoms. The Bertz CT molecular complexity index is 471. The summed E-state index contributed by atoms with van der Waals surface area (Å²) in [6.07, 6.45) is 2.69. The molecule has 1 atom stereocenters. The highest BCUT2D eigenvalue weighted by atomic mass is 79.9. The first-order valence-electron chi connectivity index (χ1n) is 4.71. The van der Waals surface area contributed by atoms with Crippen LogP contribution < -0.4 is 0 Å². The van der Waals surface area contributed by atoms with Crippen molar-refractivity contribution in [2.45, 2.75) is 23.1 Å². The van der Waals surface area contributed by atoms with Crippen LogP contribution in [0.25, 0.3) is 0 Å². The highest BCUT2D eigenvalue weighted by molar-refractivity contribution is 9.10. The van der Waals surface area contributed by atoms with Gasteiger partial charge in [0.05, 0.1) is 12.3 Å². The molecule has 1 aromatic heterocycles. The van der Waals surface area contributed by atoms with Crippen molar-refractivity contribution in [1.29, 1.82) is 0 Å². The summed E-state index contributed by atoms with van der Waals surface area (Å²) in [6.45, 7) is 1.74. The molecule has 1 aromatic carbocycles. The van der Waals surface area contributed by atoms with Gasteiger partial charge in [-0.1, -0.05) is 6.07 Å². The number of aromatic nitrogens is 1. The Morgan fingerprint density at radius 1 is 1.50 bits per heavy atom. The quantitative estimate of drug-likeness (QED) is 0.940. The summed E-state index contributed by atoms with van der Waals surface area (Å²) in [6, 6.07) is 5.72. The zero-order chi connectivity index (χ0) is 11.5. The number of aliphatic hydroxyl groups is 1. The molecule has 0 bridgehead atoms. The van der Waals surface area contributed by atoms with Crippen molar-refractivity contribution >= 4 is 27.7 Å². The molecule has 0 fully saturated rings. The zero-order valence-electron chi connectivity index (χ0n) is 8.55. The van der Waals surface area contributed by atoms with Crippen molar-refractivity contribution in [3.05, 3.63) is 40.7 Å². The maximum Gasteiger partial charge on any atom is 0.260 e. The smallest absolute Gasteiger partial charge is 0.260 e. The van der Waals surface area contributed by atoms with E-state index in [2.05, 4.69) is 20.9 Å². The predicted octanol–water partition coefficient (Wildman–Crippen LogP) is 3.64. The molecule has 3 nitrogen and oxygen atoms in total. The van der Waals surface area contributed by atoms with Gasteiger partial charge in [0.25, 0.3) is 5.22 Å². The number of nitrogens with zero attached hydrogens (tertiary/aromatic N) is 1. The Hall–Kier alpha value is -0.780. The molecule has 0 aliphatic heterocycles. The van der Waals surface area contributed by atoms with Crippen LogP contribution in [0.5, 0.6) is 0 Å². The molecule has 1 unspecified atom stereocenters. The van der Waals surface area contributed by atoms with E-state index >= 15 is 0 Å². The first-order chi connectivity index (χ1) is 7.66. The Labute approximate surface area is 106 Å². The summed E-state index contributed by atoms with van der Waals surface area (Å²) in [5.41, 5.74) is 0.878. The lowest BCUT2D eigenvalue weighted by molar-refractivity contribution is 0.199. The van der Waals surface area contributed by atoms with Crippen LogP contribution in [-0.2, 0) is 0 Å². The minimum Gasteiger partial charge on any atom is -0.440 e. The molecule has 0 spiro atoms. The average molecular weight is 300 g/mol. The number of halogens is 1. The molecular formula is C11H10BrNO2S. The van der Waals surface area contributed by atoms with Crippen LogP contribution in [0.1, 0.15) is 18.6 Å². The minimum atomic E-state index is -0.461. The Balaban J connectivity index is 2.23. The van der Waals surface area contributed by atoms with E-state index in [9.17, 15) is 5.11 Å². The average Bonchev–Trinajstić information content (AvgIpc) is 2.73. The summed E-state index contributed by atoms with van der Waals surface area (Å²) in [5.74, 6) is 0. The fourth-order valence-electron chi connectivity index (χ4n) is 1.21. The maximum atomic E-state index is 9.44. The predicted molar refractivity (Wildman–Crippen MR) is 65.4 cm³/mol. The third kappa shape index (κ3) is 2.66. The van der Waals surface area contributed by atoms with Gasteiger partial charge in [-0.3, -0.25) is 0 Å². The second-order valence-corrected chi connectivity index (χ2v) is 5.11. The van der Waals surface area contributed by atoms with Gasteiger partial charge in [0.15, 0.2) is 0 Å². The van der Waals surface area contributed by atoms with E-state index in [1.807, 2.05) is 18.2 Å². The topological polar surface area (TPSA) is 46.3 Å². The third-order valence-electron chi connectivity index (χ3n) is 2.05. The number of hydrogen-bond donors (Lipinski definition) is 1. The summed E-state index contributed by atoms with van der Waals surface area (Å²) in [4.78, 5) is 5.04. The zero-order valence-corrected chi connectivity index (χ0v) is 11.0. The van der Waals surface area contributed by atoms with Crippen molar-refractivity contribution in [1.82, 2.24) is 4.98 Å². The largest absolute Gasteiger partial charge is 0.440 e. The van der Waals surface area contributed by atoms with Gasteiger partial charge < -0.3 is 9.52 Å². The Morgan fingerprint density at radius 2 is 2.31 bits per heavy atom. The van der Waals surface area contributed by atoms with Crippen molar-refractivity contribution in [3.63, 3.8) is 0 Å². The third-order valence-corrected chi connectivity index (χ3v) is 3.92. The van der Waals surface area contributed by atoms with Crippen LogP contribution >= 0.6 is 27.7 Å². The summed E-state index contributed by atoms with van der Waals surface area (Å²) >= 11 is 4.89. The van der Waals surface area contributed by atoms with Gasteiger partial charge >= 0.3 is 0 Å². The molecule has 2 rings (SSSR count). The lowest BCUT2D eigenvalue weighted by atomic mass is 10.1. The van der Waals surface area contributed by atoms with Crippen LogP contribution in [-0.4, -0.2) is 10.1 Å². The number of aliphatic hydroxyl groups excluding tert-OH is 1. The van der Waals surface area contributed by atoms with Crippen LogP contribution in [0, 0.1) is 0 Å². The maximum absolute atomic E-state index is 9.44. The molecule has 0 amide bonds. The van der Waals surface area contributed by atoms with Crippen LogP contribution in [0.2, 0.25) is 0 Å². The second-order valence-electron chi connectivity index (χ2n) is 3.27. The van der Waals surface area contributed by atoms with Gasteiger partial charge in [-0.15, -0.1) is 0 Å². The molecule has 2 aromatic rings. The molecule has 0 radical (unpaired) electrons. The van der Waals surface area contributed by atoms with Gasteiger partial charge in [-0.2, -0.15) is 0 Å². The second kappa shape index (κ2) is 5.03. The van der Waals surface area contributed by atoms with Gasteiger partial charge in [0, 0.05) is 9.37 Å². The van der Waals surface area contributed by atoms with E-state index < -0.39 is 6.10 Å². The van der Waals surface area contributed by atoms with Crippen LogP contribution in [0.3, 0.4) is 0 Å². The molecule has 1 heterocycles. The van der Waals surface area contributed by atoms with E-state index in [-0.39, 0.29) is 0 Å². The first kappa shape index (κ1) is 11.7. The van der Waals surface area contributed by atoms with Crippen LogP contribution in [0.4, 0.5) is 0 Å². The fourth-order valence-corrected chi connectivity index (χ4v) is 2.55. The Morgan fingerprint density at radius 3 is 2.88 bits per heavy atom. The Kier molecular flexibility index (Phi) is 3.68. The number of hydrogen-bond acceptors (Lipinski definition) is 4. The van der Waals surface area contributed by atoms with Gasteiger partial charge in [-0.25, -0.2) is 4.98 Å². The van der Waals surface area contributed by atoms with Crippen LogP contribution in [0.15, 0.2) is 49.7 Å². The van der Waals surface area contributed by atoms with Gasteiger partial charge in [-0.05, 0) is 52.3 Å². The molecule has 16 heavy (non-hydrogen) atoms. The van der Waals surface area contributed by atoms with Gasteiger partial charge in [0.2, 0.25) is 0 Å². The van der Waals surface area contributed by atoms with Crippen molar-refractivity contribution < 1.29 is 9.52 Å². The lowest BCUT2D eigenvalue weighted by Gasteiger charge is -2.07. The number of benzene rings is 1. The van der Waals surface area contributed by atoms with E-state index in [4.69, 9.17) is 4.42 Å². The molecule has 84 valence electrons. The van der Waals surface area contributed by atoms with Crippen molar-refractivity contribution in [3.8, 4) is 0 Å². The SMILES string of the molecule is CC(O)c1ccc(Sc2ncco2)c(Br)c1. The highest BCUT2D eigenvalue weighted by Gasteiger charge is 2.08. The minimum absolute atomic E-state index is 0.461. The molecule has 0 saturated heterocycles. The lowest BCUT2D eigenvalue weighted by Crippen LogP contribution is -1.90. The van der Waals surface area contributed by atoms with E-state index in [0.717, 1.165) is 14.9 Å². The number of rotatable bonds is 3. The highest BCUT2D eigenvalue weighted by Crippen LogP contribution is 2.34. The molecule has 0 aliphatic carbocycles. The fraction of sp³-hybridized carbons (Fsp3) is 0.182. The number of oxazole rings is 1. The molecule has 0 saturated carbocycles. The van der Waals surface area contributed by atoms with Gasteiger partial charge in [0.1, 0.15) is 6.26 Å². The van der Waals surface area contributed by atoms with Crippen molar-refractivity contribution in [2.75, 3.05) is 0 Å². The standard InChI is InChI=1S/C11H10BrNO2S/c1-7(14)8-2-3-10(9(12)6-8)16-11-13-4-5-15-11/h2-7,14H,1H3. The molecule has 0 aliphatic rings. The normalized spacial score (nSPS) is 12.7. The van der Waals surface area contributed by atoms with E-state index in [1.54, 1.807) is 19.4 Å². The first-order valence-corrected chi connectivity index (χ1v) is 6.32. The van der Waals surface area contributed by atoms with Crippen molar-refractivity contribution in [2.24, 2.45) is 0 Å². The van der Waals surface area contributed by atoms with E-state index in [0.29, 0.717) is 5.22 Å². The molecular weight excluding hydrogens is 290 g/mol.